The third kappa shape index (κ3) is 5.93. The lowest BCUT2D eigenvalue weighted by atomic mass is 10.2. The number of carbonyl (C=O) groups excluding carboxylic acids is 2. The standard InChI is InChI=1S/C19H22ClN3O5S/c1-23(2)29(27,28)15-7-8-17(20)16(12-15)19(26)22-10-4-9-21-18(25)13-5-3-6-14(24)11-13/h3,5-8,11-12,24H,4,9-10H2,1-2H3,(H,21,25)(H,22,26). The van der Waals surface area contributed by atoms with E-state index in [-0.39, 0.29) is 33.7 Å². The predicted octanol–water partition coefficient (Wildman–Crippen LogP) is 1.85. The van der Waals surface area contributed by atoms with Crippen molar-refractivity contribution in [3.05, 3.63) is 58.6 Å². The Bertz CT molecular complexity index is 1010. The molecule has 0 fully saturated rings. The van der Waals surface area contributed by atoms with Gasteiger partial charge in [0.05, 0.1) is 15.5 Å². The maximum atomic E-state index is 12.4. The molecule has 2 rings (SSSR count). The number of aromatic hydroxyl groups is 1. The molecule has 0 aliphatic heterocycles. The molecule has 0 heterocycles. The van der Waals surface area contributed by atoms with E-state index in [2.05, 4.69) is 10.6 Å². The van der Waals surface area contributed by atoms with Crippen LogP contribution in [0.4, 0.5) is 0 Å². The molecule has 8 nitrogen and oxygen atoms in total. The zero-order chi connectivity index (χ0) is 21.6. The highest BCUT2D eigenvalue weighted by Crippen LogP contribution is 2.22. The van der Waals surface area contributed by atoms with Crippen LogP contribution in [-0.4, -0.2) is 56.8 Å². The zero-order valence-corrected chi connectivity index (χ0v) is 17.5. The summed E-state index contributed by atoms with van der Waals surface area (Å²) in [6.07, 6.45) is 0.448. The summed E-state index contributed by atoms with van der Waals surface area (Å²) >= 11 is 6.04. The fourth-order valence-corrected chi connectivity index (χ4v) is 3.52. The lowest BCUT2D eigenvalue weighted by Gasteiger charge is -2.13. The third-order valence-corrected chi connectivity index (χ3v) is 6.13. The van der Waals surface area contributed by atoms with Crippen LogP contribution >= 0.6 is 11.6 Å². The number of phenols is 1. The van der Waals surface area contributed by atoms with Crippen molar-refractivity contribution in [1.82, 2.24) is 14.9 Å². The van der Waals surface area contributed by atoms with Gasteiger partial charge in [-0.25, -0.2) is 12.7 Å². The number of rotatable bonds is 8. The molecule has 0 unspecified atom stereocenters. The van der Waals surface area contributed by atoms with Gasteiger partial charge in [0.2, 0.25) is 10.0 Å². The highest BCUT2D eigenvalue weighted by Gasteiger charge is 2.20. The van der Waals surface area contributed by atoms with Gasteiger partial charge >= 0.3 is 0 Å². The second-order valence-corrected chi connectivity index (χ2v) is 8.90. The Labute approximate surface area is 174 Å². The van der Waals surface area contributed by atoms with Crippen molar-refractivity contribution in [2.24, 2.45) is 0 Å². The molecule has 0 aliphatic carbocycles. The number of hydrogen-bond donors (Lipinski definition) is 3. The van der Waals surface area contributed by atoms with Crippen molar-refractivity contribution in [3.8, 4) is 5.75 Å². The molecule has 29 heavy (non-hydrogen) atoms. The van der Waals surface area contributed by atoms with Crippen molar-refractivity contribution >= 4 is 33.4 Å². The number of phenolic OH excluding ortho intramolecular Hbond substituents is 1. The molecule has 2 amide bonds. The molecular formula is C19H22ClN3O5S. The summed E-state index contributed by atoms with van der Waals surface area (Å²) in [6.45, 7) is 0.553. The van der Waals surface area contributed by atoms with Crippen LogP contribution in [0.25, 0.3) is 0 Å². The fourth-order valence-electron chi connectivity index (χ4n) is 2.39. The highest BCUT2D eigenvalue weighted by molar-refractivity contribution is 7.89. The summed E-state index contributed by atoms with van der Waals surface area (Å²) in [4.78, 5) is 24.3. The summed E-state index contributed by atoms with van der Waals surface area (Å²) < 4.78 is 25.5. The van der Waals surface area contributed by atoms with Crippen LogP contribution in [-0.2, 0) is 10.0 Å². The number of halogens is 1. The molecule has 0 saturated carbocycles. The average Bonchev–Trinajstić information content (AvgIpc) is 2.67. The number of benzene rings is 2. The van der Waals surface area contributed by atoms with Crippen LogP contribution in [0.1, 0.15) is 27.1 Å². The largest absolute Gasteiger partial charge is 0.508 e. The summed E-state index contributed by atoms with van der Waals surface area (Å²) in [6, 6.07) is 9.90. The lowest BCUT2D eigenvalue weighted by molar-refractivity contribution is 0.0951. The van der Waals surface area contributed by atoms with E-state index in [1.807, 2.05) is 0 Å². The van der Waals surface area contributed by atoms with Gasteiger partial charge in [-0.3, -0.25) is 9.59 Å². The number of nitrogens with one attached hydrogen (secondary N) is 2. The van der Waals surface area contributed by atoms with E-state index in [9.17, 15) is 23.1 Å². The minimum absolute atomic E-state index is 0.000281. The second-order valence-electron chi connectivity index (χ2n) is 6.34. The molecule has 0 bridgehead atoms. The Morgan fingerprint density at radius 1 is 1.03 bits per heavy atom. The van der Waals surface area contributed by atoms with Gasteiger partial charge in [0.15, 0.2) is 0 Å². The van der Waals surface area contributed by atoms with Gasteiger partial charge in [-0.15, -0.1) is 0 Å². The van der Waals surface area contributed by atoms with E-state index in [0.717, 1.165) is 4.31 Å². The molecule has 3 N–H and O–H groups in total. The smallest absolute Gasteiger partial charge is 0.252 e. The third-order valence-electron chi connectivity index (χ3n) is 3.99. The second kappa shape index (κ2) is 9.73. The Hall–Kier alpha value is -2.62. The Morgan fingerprint density at radius 2 is 1.69 bits per heavy atom. The maximum absolute atomic E-state index is 12.4. The quantitative estimate of drug-likeness (QED) is 0.543. The topological polar surface area (TPSA) is 116 Å². The minimum atomic E-state index is -3.69. The van der Waals surface area contributed by atoms with Crippen LogP contribution in [0.5, 0.6) is 5.75 Å². The van der Waals surface area contributed by atoms with Crippen LogP contribution in [0.2, 0.25) is 5.02 Å². The first kappa shape index (κ1) is 22.7. The highest BCUT2D eigenvalue weighted by atomic mass is 35.5. The zero-order valence-electron chi connectivity index (χ0n) is 16.0. The molecule has 0 radical (unpaired) electrons. The number of amides is 2. The van der Waals surface area contributed by atoms with Crippen LogP contribution < -0.4 is 10.6 Å². The fraction of sp³-hybridized carbons (Fsp3) is 0.263. The molecule has 10 heteroatoms. The summed E-state index contributed by atoms with van der Waals surface area (Å²) in [7, 11) is -0.893. The summed E-state index contributed by atoms with van der Waals surface area (Å²) in [5.74, 6) is -0.845. The molecule has 0 atom stereocenters. The van der Waals surface area contributed by atoms with Gasteiger partial charge in [-0.05, 0) is 42.8 Å². The van der Waals surface area contributed by atoms with E-state index in [0.29, 0.717) is 18.5 Å². The number of hydrogen-bond acceptors (Lipinski definition) is 5. The summed E-state index contributed by atoms with van der Waals surface area (Å²) in [5.41, 5.74) is 0.387. The van der Waals surface area contributed by atoms with Crippen molar-refractivity contribution in [1.29, 1.82) is 0 Å². The lowest BCUT2D eigenvalue weighted by Crippen LogP contribution is -2.30. The van der Waals surface area contributed by atoms with Gasteiger partial charge in [-0.1, -0.05) is 17.7 Å². The van der Waals surface area contributed by atoms with Crippen LogP contribution in [0.3, 0.4) is 0 Å². The SMILES string of the molecule is CN(C)S(=O)(=O)c1ccc(Cl)c(C(=O)NCCCNC(=O)c2cccc(O)c2)c1. The van der Waals surface area contributed by atoms with E-state index in [1.54, 1.807) is 12.1 Å². The molecule has 0 aliphatic rings. The van der Waals surface area contributed by atoms with E-state index in [1.165, 1.54) is 44.4 Å². The first-order valence-corrected chi connectivity index (χ1v) is 10.5. The van der Waals surface area contributed by atoms with Gasteiger partial charge in [0.25, 0.3) is 11.8 Å². The van der Waals surface area contributed by atoms with Crippen LogP contribution in [0, 0.1) is 0 Å². The Kier molecular flexibility index (Phi) is 7.60. The molecule has 2 aromatic rings. The average molecular weight is 440 g/mol. The molecule has 156 valence electrons. The first-order chi connectivity index (χ1) is 13.6. The summed E-state index contributed by atoms with van der Waals surface area (Å²) in [5, 5.41) is 14.8. The molecule has 0 aromatic heterocycles. The molecular weight excluding hydrogens is 418 g/mol. The van der Waals surface area contributed by atoms with Crippen molar-refractivity contribution in [3.63, 3.8) is 0 Å². The Balaban J connectivity index is 1.89. The van der Waals surface area contributed by atoms with Gasteiger partial charge in [0, 0.05) is 32.7 Å². The van der Waals surface area contributed by atoms with E-state index < -0.39 is 15.9 Å². The minimum Gasteiger partial charge on any atom is -0.508 e. The van der Waals surface area contributed by atoms with Crippen molar-refractivity contribution < 1.29 is 23.1 Å². The van der Waals surface area contributed by atoms with Crippen molar-refractivity contribution in [2.75, 3.05) is 27.2 Å². The van der Waals surface area contributed by atoms with Gasteiger partial charge < -0.3 is 15.7 Å². The van der Waals surface area contributed by atoms with Crippen molar-refractivity contribution in [2.45, 2.75) is 11.3 Å². The van der Waals surface area contributed by atoms with Gasteiger partial charge in [-0.2, -0.15) is 0 Å². The molecule has 0 spiro atoms. The van der Waals surface area contributed by atoms with Gasteiger partial charge in [0.1, 0.15) is 5.75 Å². The number of sulfonamides is 1. The van der Waals surface area contributed by atoms with E-state index in [4.69, 9.17) is 11.6 Å². The number of carbonyl (C=O) groups is 2. The normalized spacial score (nSPS) is 11.3. The maximum Gasteiger partial charge on any atom is 0.252 e. The first-order valence-electron chi connectivity index (χ1n) is 8.70. The number of nitrogens with zero attached hydrogens (tertiary/aromatic N) is 1. The Morgan fingerprint density at radius 3 is 2.31 bits per heavy atom. The predicted molar refractivity (Wildman–Crippen MR) is 110 cm³/mol. The van der Waals surface area contributed by atoms with Crippen LogP contribution in [0.15, 0.2) is 47.4 Å². The van der Waals surface area contributed by atoms with E-state index >= 15 is 0 Å². The molecule has 2 aromatic carbocycles. The molecule has 0 saturated heterocycles. The monoisotopic (exact) mass is 439 g/mol.